The van der Waals surface area contributed by atoms with Gasteiger partial charge in [0.25, 0.3) is 0 Å². The number of likely N-dealkylation sites (tertiary alicyclic amines) is 1. The van der Waals surface area contributed by atoms with Gasteiger partial charge in [0.15, 0.2) is 0 Å². The Morgan fingerprint density at radius 2 is 2.04 bits per heavy atom. The Labute approximate surface area is 146 Å². The molecule has 4 nitrogen and oxygen atoms in total. The van der Waals surface area contributed by atoms with Crippen LogP contribution >= 0.6 is 11.3 Å². The minimum Gasteiger partial charge on any atom is -0.355 e. The number of carbonyl (C=O) groups excluding carboxylic acids is 2. The summed E-state index contributed by atoms with van der Waals surface area (Å²) in [7, 11) is 0. The summed E-state index contributed by atoms with van der Waals surface area (Å²) in [5.41, 5.74) is 2.22. The van der Waals surface area contributed by atoms with Gasteiger partial charge < -0.3 is 10.2 Å². The molecular formula is C19H22N2O2S. The zero-order valence-corrected chi connectivity index (χ0v) is 14.4. The van der Waals surface area contributed by atoms with Gasteiger partial charge in [-0.1, -0.05) is 30.3 Å². The fraction of sp³-hybridized carbons (Fsp3) is 0.368. The molecule has 2 amide bonds. The normalized spacial score (nSPS) is 17.0. The average Bonchev–Trinajstić information content (AvgIpc) is 3.26. The fourth-order valence-electron chi connectivity index (χ4n) is 3.17. The molecule has 2 heterocycles. The van der Waals surface area contributed by atoms with Crippen molar-refractivity contribution in [3.05, 3.63) is 58.3 Å². The van der Waals surface area contributed by atoms with E-state index in [0.29, 0.717) is 19.4 Å². The van der Waals surface area contributed by atoms with Crippen molar-refractivity contribution in [2.75, 3.05) is 13.1 Å². The van der Waals surface area contributed by atoms with E-state index in [1.807, 2.05) is 35.2 Å². The Balaban J connectivity index is 1.44. The summed E-state index contributed by atoms with van der Waals surface area (Å²) in [4.78, 5) is 26.4. The first-order valence-electron chi connectivity index (χ1n) is 8.36. The number of amides is 2. The maximum Gasteiger partial charge on any atom is 0.224 e. The smallest absolute Gasteiger partial charge is 0.224 e. The topological polar surface area (TPSA) is 49.4 Å². The predicted octanol–water partition coefficient (Wildman–Crippen LogP) is 3.16. The maximum atomic E-state index is 12.5. The minimum absolute atomic E-state index is 0.0372. The molecule has 1 fully saturated rings. The average molecular weight is 342 g/mol. The van der Waals surface area contributed by atoms with E-state index in [9.17, 15) is 9.59 Å². The van der Waals surface area contributed by atoms with Crippen LogP contribution in [-0.2, 0) is 16.0 Å². The molecule has 0 spiro atoms. The van der Waals surface area contributed by atoms with Gasteiger partial charge in [0.05, 0.1) is 12.5 Å². The van der Waals surface area contributed by atoms with Gasteiger partial charge in [-0.05, 0) is 40.8 Å². The third-order valence-corrected chi connectivity index (χ3v) is 5.07. The number of thiophene rings is 1. The number of nitrogens with one attached hydrogen (secondary N) is 1. The molecule has 0 bridgehead atoms. The molecule has 1 aromatic carbocycles. The Kier molecular flexibility index (Phi) is 5.64. The van der Waals surface area contributed by atoms with Crippen LogP contribution in [0.2, 0.25) is 0 Å². The fourth-order valence-corrected chi connectivity index (χ4v) is 3.88. The second-order valence-electron chi connectivity index (χ2n) is 6.06. The van der Waals surface area contributed by atoms with Crippen LogP contribution in [0, 0.1) is 0 Å². The van der Waals surface area contributed by atoms with Crippen LogP contribution < -0.4 is 5.32 Å². The van der Waals surface area contributed by atoms with Gasteiger partial charge in [0.2, 0.25) is 11.8 Å². The molecule has 1 aliphatic heterocycles. The third-order valence-electron chi connectivity index (χ3n) is 4.37. The largest absolute Gasteiger partial charge is 0.355 e. The van der Waals surface area contributed by atoms with Crippen LogP contribution in [0.4, 0.5) is 0 Å². The zero-order valence-electron chi connectivity index (χ0n) is 13.6. The van der Waals surface area contributed by atoms with Gasteiger partial charge in [-0.25, -0.2) is 0 Å². The lowest BCUT2D eigenvalue weighted by atomic mass is 10.1. The molecular weight excluding hydrogens is 320 g/mol. The second kappa shape index (κ2) is 8.11. The highest BCUT2D eigenvalue weighted by molar-refractivity contribution is 7.07. The molecule has 0 saturated carbocycles. The Morgan fingerprint density at radius 3 is 2.79 bits per heavy atom. The summed E-state index contributed by atoms with van der Waals surface area (Å²) in [6.07, 6.45) is 2.80. The van der Waals surface area contributed by atoms with Gasteiger partial charge in [0.1, 0.15) is 0 Å². The highest BCUT2D eigenvalue weighted by atomic mass is 32.1. The summed E-state index contributed by atoms with van der Waals surface area (Å²) >= 11 is 1.67. The van der Waals surface area contributed by atoms with Crippen LogP contribution in [-0.4, -0.2) is 29.8 Å². The van der Waals surface area contributed by atoms with Crippen LogP contribution in [0.1, 0.15) is 36.4 Å². The molecule has 1 aromatic heterocycles. The van der Waals surface area contributed by atoms with Crippen molar-refractivity contribution < 1.29 is 9.59 Å². The van der Waals surface area contributed by atoms with Crippen molar-refractivity contribution in [2.24, 2.45) is 0 Å². The van der Waals surface area contributed by atoms with Crippen LogP contribution in [0.25, 0.3) is 0 Å². The molecule has 1 saturated heterocycles. The van der Waals surface area contributed by atoms with Gasteiger partial charge in [-0.15, -0.1) is 0 Å². The van der Waals surface area contributed by atoms with E-state index in [4.69, 9.17) is 0 Å². The summed E-state index contributed by atoms with van der Waals surface area (Å²) in [5.74, 6) is 0.0912. The lowest BCUT2D eigenvalue weighted by Gasteiger charge is -2.24. The quantitative estimate of drug-likeness (QED) is 0.877. The highest BCUT2D eigenvalue weighted by Crippen LogP contribution is 2.33. The van der Waals surface area contributed by atoms with Crippen molar-refractivity contribution >= 4 is 23.2 Å². The van der Waals surface area contributed by atoms with Crippen molar-refractivity contribution in [3.8, 4) is 0 Å². The number of benzene rings is 1. The molecule has 2 aromatic rings. The van der Waals surface area contributed by atoms with Crippen LogP contribution in [0.15, 0.2) is 47.2 Å². The Bertz CT molecular complexity index is 670. The number of hydrogen-bond acceptors (Lipinski definition) is 3. The third kappa shape index (κ3) is 4.23. The molecule has 0 radical (unpaired) electrons. The van der Waals surface area contributed by atoms with E-state index in [1.54, 1.807) is 11.3 Å². The van der Waals surface area contributed by atoms with Gasteiger partial charge in [-0.3, -0.25) is 9.59 Å². The molecule has 1 aliphatic rings. The Morgan fingerprint density at radius 1 is 1.21 bits per heavy atom. The molecule has 1 N–H and O–H groups in total. The number of nitrogens with zero attached hydrogens (tertiary/aromatic N) is 1. The van der Waals surface area contributed by atoms with Gasteiger partial charge in [-0.2, -0.15) is 11.3 Å². The van der Waals surface area contributed by atoms with Crippen LogP contribution in [0.5, 0.6) is 0 Å². The predicted molar refractivity (Wildman–Crippen MR) is 95.8 cm³/mol. The van der Waals surface area contributed by atoms with E-state index >= 15 is 0 Å². The summed E-state index contributed by atoms with van der Waals surface area (Å²) in [5, 5.41) is 7.03. The summed E-state index contributed by atoms with van der Waals surface area (Å²) in [6, 6.07) is 11.9. The van der Waals surface area contributed by atoms with Crippen molar-refractivity contribution in [3.63, 3.8) is 0 Å². The van der Waals surface area contributed by atoms with E-state index in [1.165, 1.54) is 5.56 Å². The number of carbonyl (C=O) groups is 2. The molecule has 1 atom stereocenters. The second-order valence-corrected chi connectivity index (χ2v) is 6.84. The minimum atomic E-state index is -0.0372. The van der Waals surface area contributed by atoms with Crippen molar-refractivity contribution in [1.29, 1.82) is 0 Å². The molecule has 24 heavy (non-hydrogen) atoms. The van der Waals surface area contributed by atoms with E-state index in [0.717, 1.165) is 24.9 Å². The number of rotatable bonds is 6. The maximum absolute atomic E-state index is 12.5. The van der Waals surface area contributed by atoms with Crippen LogP contribution in [0.3, 0.4) is 0 Å². The zero-order chi connectivity index (χ0) is 16.8. The first kappa shape index (κ1) is 16.7. The van der Waals surface area contributed by atoms with Crippen molar-refractivity contribution in [1.82, 2.24) is 10.2 Å². The molecule has 0 unspecified atom stereocenters. The first-order chi connectivity index (χ1) is 11.7. The van der Waals surface area contributed by atoms with E-state index in [2.05, 4.69) is 22.1 Å². The molecule has 0 aliphatic carbocycles. The number of hydrogen-bond donors (Lipinski definition) is 1. The molecule has 3 rings (SSSR count). The lowest BCUT2D eigenvalue weighted by Crippen LogP contribution is -2.34. The Hall–Kier alpha value is -2.14. The standard InChI is InChI=1S/C19H22N2O2S/c22-18(13-15-5-2-1-3-6-15)20-10-8-19(23)21-11-4-7-17(21)16-9-12-24-14-16/h1-3,5-6,9,12,14,17H,4,7-8,10-11,13H2,(H,20,22)/t17-/m0/s1. The van der Waals surface area contributed by atoms with Gasteiger partial charge in [0, 0.05) is 19.5 Å². The van der Waals surface area contributed by atoms with Crippen molar-refractivity contribution in [2.45, 2.75) is 31.7 Å². The van der Waals surface area contributed by atoms with E-state index < -0.39 is 0 Å². The SMILES string of the molecule is O=C(Cc1ccccc1)NCCC(=O)N1CCC[C@H]1c1ccsc1. The summed E-state index contributed by atoms with van der Waals surface area (Å²) in [6.45, 7) is 1.22. The van der Waals surface area contributed by atoms with E-state index in [-0.39, 0.29) is 17.9 Å². The van der Waals surface area contributed by atoms with Gasteiger partial charge >= 0.3 is 0 Å². The highest BCUT2D eigenvalue weighted by Gasteiger charge is 2.29. The first-order valence-corrected chi connectivity index (χ1v) is 9.30. The molecule has 126 valence electrons. The lowest BCUT2D eigenvalue weighted by molar-refractivity contribution is -0.132. The monoisotopic (exact) mass is 342 g/mol. The summed E-state index contributed by atoms with van der Waals surface area (Å²) < 4.78 is 0. The molecule has 5 heteroatoms.